The average molecular weight is 181 g/mol. The summed E-state index contributed by atoms with van der Waals surface area (Å²) in [4.78, 5) is 0. The fourth-order valence-electron chi connectivity index (χ4n) is 1.76. The number of aryl methyl sites for hydroxylation is 2. The first-order valence-electron chi connectivity index (χ1n) is 4.63. The van der Waals surface area contributed by atoms with Crippen molar-refractivity contribution in [2.75, 3.05) is 0 Å². The van der Waals surface area contributed by atoms with Gasteiger partial charge in [0.2, 0.25) is 0 Å². The maximum absolute atomic E-state index is 9.00. The van der Waals surface area contributed by atoms with Crippen LogP contribution in [-0.4, -0.2) is 0 Å². The van der Waals surface area contributed by atoms with Crippen molar-refractivity contribution in [3.63, 3.8) is 0 Å². The van der Waals surface area contributed by atoms with Gasteiger partial charge in [-0.1, -0.05) is 24.3 Å². The summed E-state index contributed by atoms with van der Waals surface area (Å²) in [6.07, 6.45) is 0. The van der Waals surface area contributed by atoms with Gasteiger partial charge in [0.25, 0.3) is 0 Å². The molecular weight excluding hydrogens is 170 g/mol. The second-order valence-corrected chi connectivity index (χ2v) is 3.52. The molecule has 2 aromatic carbocycles. The zero-order valence-corrected chi connectivity index (χ0v) is 8.33. The van der Waals surface area contributed by atoms with Gasteiger partial charge < -0.3 is 0 Å². The monoisotopic (exact) mass is 181 g/mol. The Morgan fingerprint density at radius 3 is 2.57 bits per heavy atom. The summed E-state index contributed by atoms with van der Waals surface area (Å²) in [7, 11) is 0. The van der Waals surface area contributed by atoms with Crippen LogP contribution in [0.1, 0.15) is 16.7 Å². The summed E-state index contributed by atoms with van der Waals surface area (Å²) in [6, 6.07) is 12.2. The van der Waals surface area contributed by atoms with Gasteiger partial charge in [-0.2, -0.15) is 5.26 Å². The van der Waals surface area contributed by atoms with Crippen molar-refractivity contribution in [1.29, 1.82) is 5.26 Å². The van der Waals surface area contributed by atoms with Crippen molar-refractivity contribution in [1.82, 2.24) is 0 Å². The number of hydrogen-bond acceptors (Lipinski definition) is 1. The van der Waals surface area contributed by atoms with Gasteiger partial charge in [-0.05, 0) is 36.4 Å². The van der Waals surface area contributed by atoms with Gasteiger partial charge in [-0.15, -0.1) is 0 Å². The summed E-state index contributed by atoms with van der Waals surface area (Å²) >= 11 is 0. The minimum absolute atomic E-state index is 0.767. The van der Waals surface area contributed by atoms with E-state index in [9.17, 15) is 0 Å². The third-order valence-corrected chi connectivity index (χ3v) is 2.70. The van der Waals surface area contributed by atoms with Crippen LogP contribution in [0, 0.1) is 25.2 Å². The number of benzene rings is 2. The van der Waals surface area contributed by atoms with Gasteiger partial charge >= 0.3 is 0 Å². The molecule has 0 aliphatic heterocycles. The van der Waals surface area contributed by atoms with Crippen LogP contribution < -0.4 is 0 Å². The lowest BCUT2D eigenvalue weighted by molar-refractivity contribution is 1.37. The van der Waals surface area contributed by atoms with Gasteiger partial charge in [-0.25, -0.2) is 0 Å². The number of fused-ring (bicyclic) bond motifs is 1. The van der Waals surface area contributed by atoms with Gasteiger partial charge in [0.15, 0.2) is 0 Å². The quantitative estimate of drug-likeness (QED) is 0.611. The van der Waals surface area contributed by atoms with Crippen LogP contribution in [0.5, 0.6) is 0 Å². The number of nitriles is 1. The van der Waals surface area contributed by atoms with Crippen molar-refractivity contribution in [3.05, 3.63) is 47.0 Å². The first-order chi connectivity index (χ1) is 6.74. The molecule has 0 saturated heterocycles. The van der Waals surface area contributed by atoms with Crippen LogP contribution in [0.15, 0.2) is 30.3 Å². The normalized spacial score (nSPS) is 10.1. The lowest BCUT2D eigenvalue weighted by atomic mass is 9.97. The molecule has 1 heteroatoms. The molecule has 0 N–H and O–H groups in total. The van der Waals surface area contributed by atoms with E-state index in [2.05, 4.69) is 32.0 Å². The van der Waals surface area contributed by atoms with Gasteiger partial charge in [-0.3, -0.25) is 0 Å². The van der Waals surface area contributed by atoms with E-state index in [1.165, 1.54) is 11.1 Å². The van der Waals surface area contributed by atoms with Crippen molar-refractivity contribution in [2.45, 2.75) is 13.8 Å². The fourth-order valence-corrected chi connectivity index (χ4v) is 1.76. The number of nitrogens with zero attached hydrogens (tertiary/aromatic N) is 1. The maximum Gasteiger partial charge on any atom is 0.0998 e. The molecule has 2 aromatic rings. The molecule has 0 aliphatic carbocycles. The molecule has 1 nitrogen and oxygen atoms in total. The standard InChI is InChI=1S/C13H11N/c1-9-6-7-11-4-3-5-12(8-14)13(11)10(9)2/h3-7H,1-2H3. The maximum atomic E-state index is 9.00. The molecule has 0 amide bonds. The highest BCUT2D eigenvalue weighted by Gasteiger charge is 2.04. The van der Waals surface area contributed by atoms with Crippen LogP contribution in [-0.2, 0) is 0 Å². The topological polar surface area (TPSA) is 23.8 Å². The largest absolute Gasteiger partial charge is 0.192 e. The van der Waals surface area contributed by atoms with E-state index >= 15 is 0 Å². The van der Waals surface area contributed by atoms with Crippen molar-refractivity contribution in [2.24, 2.45) is 0 Å². The summed E-state index contributed by atoms with van der Waals surface area (Å²) < 4.78 is 0. The van der Waals surface area contributed by atoms with E-state index in [-0.39, 0.29) is 0 Å². The Kier molecular flexibility index (Phi) is 1.98. The smallest absolute Gasteiger partial charge is 0.0998 e. The molecule has 0 spiro atoms. The van der Waals surface area contributed by atoms with Gasteiger partial charge in [0.1, 0.15) is 0 Å². The predicted molar refractivity (Wildman–Crippen MR) is 58.1 cm³/mol. The third-order valence-electron chi connectivity index (χ3n) is 2.70. The van der Waals surface area contributed by atoms with Gasteiger partial charge in [0, 0.05) is 5.39 Å². The first kappa shape index (κ1) is 8.77. The highest BCUT2D eigenvalue weighted by atomic mass is 14.2. The number of hydrogen-bond donors (Lipinski definition) is 0. The molecular formula is C13H11N. The SMILES string of the molecule is Cc1ccc2cccc(C#N)c2c1C. The van der Waals surface area contributed by atoms with Crippen LogP contribution in [0.3, 0.4) is 0 Å². The molecule has 0 atom stereocenters. The Balaban J connectivity index is 2.99. The minimum atomic E-state index is 0.767. The molecule has 68 valence electrons. The van der Waals surface area contributed by atoms with E-state index in [0.717, 1.165) is 16.3 Å². The van der Waals surface area contributed by atoms with Crippen LogP contribution >= 0.6 is 0 Å². The fraction of sp³-hybridized carbons (Fsp3) is 0.154. The summed E-state index contributed by atoms with van der Waals surface area (Å²) in [5.74, 6) is 0. The molecule has 0 bridgehead atoms. The second kappa shape index (κ2) is 3.16. The molecule has 0 heterocycles. The Morgan fingerprint density at radius 1 is 1.07 bits per heavy atom. The zero-order chi connectivity index (χ0) is 10.1. The molecule has 14 heavy (non-hydrogen) atoms. The Morgan fingerprint density at radius 2 is 1.86 bits per heavy atom. The predicted octanol–water partition coefficient (Wildman–Crippen LogP) is 3.33. The molecule has 0 aliphatic rings. The van der Waals surface area contributed by atoms with E-state index in [4.69, 9.17) is 5.26 Å². The summed E-state index contributed by atoms with van der Waals surface area (Å²) in [5, 5.41) is 11.2. The molecule has 2 rings (SSSR count). The highest BCUT2D eigenvalue weighted by molar-refractivity contribution is 5.91. The van der Waals surface area contributed by atoms with Crippen molar-refractivity contribution >= 4 is 10.8 Å². The Hall–Kier alpha value is -1.81. The van der Waals surface area contributed by atoms with E-state index in [1.54, 1.807) is 0 Å². The average Bonchev–Trinajstić information content (AvgIpc) is 2.23. The minimum Gasteiger partial charge on any atom is -0.192 e. The van der Waals surface area contributed by atoms with Gasteiger partial charge in [0.05, 0.1) is 11.6 Å². The van der Waals surface area contributed by atoms with Crippen LogP contribution in [0.2, 0.25) is 0 Å². The van der Waals surface area contributed by atoms with Crippen molar-refractivity contribution < 1.29 is 0 Å². The second-order valence-electron chi connectivity index (χ2n) is 3.52. The van der Waals surface area contributed by atoms with E-state index < -0.39 is 0 Å². The highest BCUT2D eigenvalue weighted by Crippen LogP contribution is 2.24. The Bertz CT molecular complexity index is 533. The molecule has 0 aromatic heterocycles. The molecule has 0 radical (unpaired) electrons. The zero-order valence-electron chi connectivity index (χ0n) is 8.33. The van der Waals surface area contributed by atoms with Crippen LogP contribution in [0.25, 0.3) is 10.8 Å². The third kappa shape index (κ3) is 1.16. The van der Waals surface area contributed by atoms with Crippen molar-refractivity contribution in [3.8, 4) is 6.07 Å². The van der Waals surface area contributed by atoms with Crippen LogP contribution in [0.4, 0.5) is 0 Å². The Labute approximate surface area is 83.6 Å². The summed E-state index contributed by atoms with van der Waals surface area (Å²) in [6.45, 7) is 4.14. The van der Waals surface area contributed by atoms with E-state index in [1.807, 2.05) is 18.2 Å². The molecule has 0 saturated carbocycles. The lowest BCUT2D eigenvalue weighted by Crippen LogP contribution is -1.87. The van der Waals surface area contributed by atoms with E-state index in [0.29, 0.717) is 0 Å². The molecule has 0 fully saturated rings. The molecule has 0 unspecified atom stereocenters. The summed E-state index contributed by atoms with van der Waals surface area (Å²) in [5.41, 5.74) is 3.21. The first-order valence-corrected chi connectivity index (χ1v) is 4.63. The number of rotatable bonds is 0. The lowest BCUT2D eigenvalue weighted by Gasteiger charge is -2.06.